The third kappa shape index (κ3) is 4.40. The molecule has 2 aromatic heterocycles. The van der Waals surface area contributed by atoms with Gasteiger partial charge in [0.25, 0.3) is 0 Å². The van der Waals surface area contributed by atoms with E-state index >= 15 is 0 Å². The molecule has 0 aliphatic carbocycles. The number of fused-ring (bicyclic) bond motifs is 1. The van der Waals surface area contributed by atoms with E-state index in [0.29, 0.717) is 18.0 Å². The van der Waals surface area contributed by atoms with Crippen molar-refractivity contribution in [2.24, 2.45) is 5.92 Å². The Morgan fingerprint density at radius 3 is 2.79 bits per heavy atom. The van der Waals surface area contributed by atoms with Gasteiger partial charge in [0.1, 0.15) is 5.69 Å². The molecule has 6 heteroatoms. The summed E-state index contributed by atoms with van der Waals surface area (Å²) in [4.78, 5) is 32.7. The van der Waals surface area contributed by atoms with Gasteiger partial charge >= 0.3 is 5.97 Å². The Morgan fingerprint density at radius 2 is 2.04 bits per heavy atom. The van der Waals surface area contributed by atoms with Crippen LogP contribution in [-0.4, -0.2) is 28.5 Å². The summed E-state index contributed by atoms with van der Waals surface area (Å²) in [5, 5.41) is 3.55. The molecule has 0 saturated heterocycles. The van der Waals surface area contributed by atoms with Crippen molar-refractivity contribution in [2.45, 2.75) is 13.8 Å². The number of rotatable bonds is 6. The third-order valence-corrected chi connectivity index (χ3v) is 3.99. The molecular weight excluding hydrogens is 354 g/mol. The molecule has 3 aromatic rings. The van der Waals surface area contributed by atoms with Crippen LogP contribution in [0.2, 0.25) is 0 Å². The fraction of sp³-hybridized carbons (Fsp3) is 0.182. The van der Waals surface area contributed by atoms with Crippen LogP contribution in [-0.2, 0) is 9.53 Å². The van der Waals surface area contributed by atoms with Gasteiger partial charge < -0.3 is 10.1 Å². The fourth-order valence-electron chi connectivity index (χ4n) is 2.62. The lowest BCUT2D eigenvalue weighted by Crippen LogP contribution is -2.11. The molecule has 0 aliphatic rings. The predicted molar refractivity (Wildman–Crippen MR) is 109 cm³/mol. The summed E-state index contributed by atoms with van der Waals surface area (Å²) in [6.45, 7) is 7.77. The van der Waals surface area contributed by atoms with Crippen molar-refractivity contribution < 1.29 is 14.3 Å². The average Bonchev–Trinajstić information content (AvgIpc) is 2.71. The highest BCUT2D eigenvalue weighted by Gasteiger charge is 2.12. The van der Waals surface area contributed by atoms with Crippen molar-refractivity contribution in [1.82, 2.24) is 9.97 Å². The Bertz CT molecular complexity index is 1040. The maximum Gasteiger partial charge on any atom is 0.356 e. The molecule has 28 heavy (non-hydrogen) atoms. The lowest BCUT2D eigenvalue weighted by Gasteiger charge is -2.10. The summed E-state index contributed by atoms with van der Waals surface area (Å²) >= 11 is 0. The summed E-state index contributed by atoms with van der Waals surface area (Å²) in [6.07, 6.45) is 2.84. The summed E-state index contributed by atoms with van der Waals surface area (Å²) in [5.74, 6) is -0.493. The number of amides is 1. The Morgan fingerprint density at radius 1 is 1.21 bits per heavy atom. The van der Waals surface area contributed by atoms with Gasteiger partial charge in [-0.1, -0.05) is 32.6 Å². The smallest absolute Gasteiger partial charge is 0.356 e. The van der Waals surface area contributed by atoms with Gasteiger partial charge in [-0.25, -0.2) is 9.78 Å². The fourth-order valence-corrected chi connectivity index (χ4v) is 2.62. The number of nitrogens with zero attached hydrogens (tertiary/aromatic N) is 2. The monoisotopic (exact) mass is 375 g/mol. The van der Waals surface area contributed by atoms with Crippen molar-refractivity contribution in [1.29, 1.82) is 0 Å². The standard InChI is InChI=1S/C22H21N3O3/c1-4-21(26)25-19-10-11-23-18-9-8-15(12-16(18)19)17-6-5-7-20(24-17)22(27)28-13-14(2)3/h4-12,14H,1,13H2,2-3H3,(H,23,25,26). The predicted octanol–water partition coefficient (Wildman–Crippen LogP) is 4.23. The minimum absolute atomic E-state index is 0.254. The van der Waals surface area contributed by atoms with Crippen molar-refractivity contribution in [3.05, 3.63) is 67.0 Å². The quantitative estimate of drug-likeness (QED) is 0.515. The average molecular weight is 375 g/mol. The lowest BCUT2D eigenvalue weighted by molar-refractivity contribution is -0.111. The number of benzene rings is 1. The van der Waals surface area contributed by atoms with E-state index in [4.69, 9.17) is 4.74 Å². The van der Waals surface area contributed by atoms with Gasteiger partial charge in [-0.2, -0.15) is 0 Å². The Balaban J connectivity index is 1.96. The van der Waals surface area contributed by atoms with Gasteiger partial charge in [0.15, 0.2) is 0 Å². The minimum atomic E-state index is -0.447. The van der Waals surface area contributed by atoms with Crippen LogP contribution in [0.15, 0.2) is 61.3 Å². The molecule has 0 aliphatic heterocycles. The first kappa shape index (κ1) is 19.2. The van der Waals surface area contributed by atoms with Gasteiger partial charge in [0.2, 0.25) is 5.91 Å². The maximum absolute atomic E-state index is 12.2. The maximum atomic E-state index is 12.2. The molecule has 0 spiro atoms. The molecule has 0 bridgehead atoms. The van der Waals surface area contributed by atoms with E-state index in [-0.39, 0.29) is 17.5 Å². The molecule has 6 nitrogen and oxygen atoms in total. The van der Waals surface area contributed by atoms with Crippen LogP contribution in [0.25, 0.3) is 22.2 Å². The Hall–Kier alpha value is -3.54. The van der Waals surface area contributed by atoms with E-state index in [9.17, 15) is 9.59 Å². The molecular formula is C22H21N3O3. The number of hydrogen-bond donors (Lipinski definition) is 1. The van der Waals surface area contributed by atoms with E-state index < -0.39 is 5.97 Å². The van der Waals surface area contributed by atoms with Crippen LogP contribution < -0.4 is 5.32 Å². The molecule has 0 unspecified atom stereocenters. The minimum Gasteiger partial charge on any atom is -0.461 e. The molecule has 1 aromatic carbocycles. The summed E-state index contributed by atoms with van der Waals surface area (Å²) in [6, 6.07) is 12.5. The third-order valence-electron chi connectivity index (χ3n) is 3.99. The first-order valence-electron chi connectivity index (χ1n) is 8.94. The van der Waals surface area contributed by atoms with Crippen molar-refractivity contribution >= 4 is 28.5 Å². The van der Waals surface area contributed by atoms with E-state index in [1.165, 1.54) is 6.08 Å². The SMILES string of the molecule is C=CC(=O)Nc1ccnc2ccc(-c3cccc(C(=O)OCC(C)C)n3)cc12. The first-order chi connectivity index (χ1) is 13.5. The zero-order valence-corrected chi connectivity index (χ0v) is 15.8. The van der Waals surface area contributed by atoms with Crippen molar-refractivity contribution in [2.75, 3.05) is 11.9 Å². The van der Waals surface area contributed by atoms with E-state index in [2.05, 4.69) is 21.9 Å². The van der Waals surface area contributed by atoms with Crippen molar-refractivity contribution in [3.63, 3.8) is 0 Å². The highest BCUT2D eigenvalue weighted by molar-refractivity contribution is 6.05. The molecule has 0 radical (unpaired) electrons. The zero-order chi connectivity index (χ0) is 20.1. The van der Waals surface area contributed by atoms with Crippen molar-refractivity contribution in [3.8, 4) is 11.3 Å². The highest BCUT2D eigenvalue weighted by atomic mass is 16.5. The topological polar surface area (TPSA) is 81.2 Å². The second-order valence-electron chi connectivity index (χ2n) is 6.68. The molecule has 2 heterocycles. The number of hydrogen-bond acceptors (Lipinski definition) is 5. The number of nitrogens with one attached hydrogen (secondary N) is 1. The summed E-state index contributed by atoms with van der Waals surface area (Å²) in [5.41, 5.74) is 3.05. The largest absolute Gasteiger partial charge is 0.461 e. The van der Waals surface area contributed by atoms with Crippen LogP contribution >= 0.6 is 0 Å². The molecule has 1 N–H and O–H groups in total. The second kappa shape index (κ2) is 8.43. The number of anilines is 1. The molecule has 1 amide bonds. The van der Waals surface area contributed by atoms with Gasteiger partial charge in [0.05, 0.1) is 23.5 Å². The van der Waals surface area contributed by atoms with Gasteiger partial charge in [-0.15, -0.1) is 0 Å². The number of ether oxygens (including phenoxy) is 1. The zero-order valence-electron chi connectivity index (χ0n) is 15.8. The van der Waals surface area contributed by atoms with Gasteiger partial charge in [-0.05, 0) is 42.3 Å². The molecule has 0 saturated carbocycles. The molecule has 0 atom stereocenters. The van der Waals surface area contributed by atoms with Crippen LogP contribution in [0.1, 0.15) is 24.3 Å². The number of aromatic nitrogens is 2. The number of pyridine rings is 2. The lowest BCUT2D eigenvalue weighted by atomic mass is 10.1. The Kier molecular flexibility index (Phi) is 5.79. The highest BCUT2D eigenvalue weighted by Crippen LogP contribution is 2.27. The molecule has 142 valence electrons. The van der Waals surface area contributed by atoms with E-state index in [0.717, 1.165) is 16.5 Å². The molecule has 0 fully saturated rings. The second-order valence-corrected chi connectivity index (χ2v) is 6.68. The van der Waals surface area contributed by atoms with Crippen LogP contribution in [0.3, 0.4) is 0 Å². The van der Waals surface area contributed by atoms with E-state index in [1.807, 2.05) is 38.1 Å². The normalized spacial score (nSPS) is 10.7. The van der Waals surface area contributed by atoms with Crippen LogP contribution in [0, 0.1) is 5.92 Å². The van der Waals surface area contributed by atoms with Gasteiger partial charge in [-0.3, -0.25) is 9.78 Å². The Labute approximate surface area is 163 Å². The number of esters is 1. The number of carbonyl (C=O) groups excluding carboxylic acids is 2. The van der Waals surface area contributed by atoms with E-state index in [1.54, 1.807) is 24.4 Å². The summed E-state index contributed by atoms with van der Waals surface area (Å²) in [7, 11) is 0. The van der Waals surface area contributed by atoms with Crippen LogP contribution in [0.5, 0.6) is 0 Å². The van der Waals surface area contributed by atoms with Gasteiger partial charge in [0, 0.05) is 17.1 Å². The number of carbonyl (C=O) groups is 2. The van der Waals surface area contributed by atoms with Crippen LogP contribution in [0.4, 0.5) is 5.69 Å². The summed E-state index contributed by atoms with van der Waals surface area (Å²) < 4.78 is 5.26. The molecule has 3 rings (SSSR count). The first-order valence-corrected chi connectivity index (χ1v) is 8.94.